The molecule has 2 aliphatic heterocycles. The van der Waals surface area contributed by atoms with E-state index in [1.54, 1.807) is 18.2 Å². The van der Waals surface area contributed by atoms with Crippen LogP contribution in [0.2, 0.25) is 0 Å². The van der Waals surface area contributed by atoms with Gasteiger partial charge in [-0.3, -0.25) is 10.2 Å². The summed E-state index contributed by atoms with van der Waals surface area (Å²) < 4.78 is 44.0. The molecule has 5 nitrogen and oxygen atoms in total. The van der Waals surface area contributed by atoms with Gasteiger partial charge in [0.05, 0.1) is 5.56 Å². The van der Waals surface area contributed by atoms with Crippen LogP contribution in [0.5, 0.6) is 11.5 Å². The molecule has 1 N–H and O–H groups in total. The van der Waals surface area contributed by atoms with E-state index in [4.69, 9.17) is 4.74 Å². The number of hydrogen-bond donors (Lipinski definition) is 1. The summed E-state index contributed by atoms with van der Waals surface area (Å²) in [5.74, 6) is 0.798. The van der Waals surface area contributed by atoms with Gasteiger partial charge < -0.3 is 9.64 Å². The maximum absolute atomic E-state index is 13.1. The number of rotatable bonds is 4. The predicted molar refractivity (Wildman–Crippen MR) is 102 cm³/mol. The van der Waals surface area contributed by atoms with E-state index in [0.717, 1.165) is 37.2 Å². The second kappa shape index (κ2) is 7.68. The van der Waals surface area contributed by atoms with E-state index in [1.807, 2.05) is 11.9 Å². The van der Waals surface area contributed by atoms with Crippen molar-refractivity contribution in [3.63, 3.8) is 0 Å². The zero-order valence-corrected chi connectivity index (χ0v) is 16.0. The van der Waals surface area contributed by atoms with Crippen molar-refractivity contribution in [3.05, 3.63) is 59.2 Å². The van der Waals surface area contributed by atoms with Gasteiger partial charge in [-0.25, -0.2) is 5.01 Å². The van der Waals surface area contributed by atoms with Gasteiger partial charge >= 0.3 is 6.18 Å². The zero-order chi connectivity index (χ0) is 20.6. The Balaban J connectivity index is 1.53. The van der Waals surface area contributed by atoms with Crippen LogP contribution in [0.25, 0.3) is 0 Å². The number of amides is 1. The fourth-order valence-corrected chi connectivity index (χ4v) is 3.99. The molecule has 2 aromatic rings. The Morgan fingerprint density at radius 3 is 2.52 bits per heavy atom. The lowest BCUT2D eigenvalue weighted by atomic mass is 9.96. The quantitative estimate of drug-likeness (QED) is 0.843. The second-order valence-corrected chi connectivity index (χ2v) is 7.27. The first-order chi connectivity index (χ1) is 13.9. The normalized spacial score (nSPS) is 20.1. The molecular weight excluding hydrogens is 383 g/mol. The fourth-order valence-electron chi connectivity index (χ4n) is 3.99. The smallest absolute Gasteiger partial charge is 0.416 e. The van der Waals surface area contributed by atoms with E-state index < -0.39 is 11.7 Å². The fraction of sp³-hybridized carbons (Fsp3) is 0.381. The molecule has 1 saturated heterocycles. The molecule has 2 aromatic carbocycles. The van der Waals surface area contributed by atoms with Gasteiger partial charge in [-0.15, -0.1) is 0 Å². The molecule has 0 aliphatic carbocycles. The topological polar surface area (TPSA) is 44.8 Å². The molecule has 1 atom stereocenters. The number of nitrogens with zero attached hydrogens (tertiary/aromatic N) is 2. The Bertz CT molecular complexity index is 899. The van der Waals surface area contributed by atoms with Gasteiger partial charge in [0.2, 0.25) is 0 Å². The number of benzene rings is 2. The molecule has 154 valence electrons. The van der Waals surface area contributed by atoms with Crippen molar-refractivity contribution < 1.29 is 22.7 Å². The van der Waals surface area contributed by atoms with Crippen LogP contribution in [0.4, 0.5) is 13.2 Å². The highest BCUT2D eigenvalue weighted by Crippen LogP contribution is 2.35. The summed E-state index contributed by atoms with van der Waals surface area (Å²) in [5, 5.41) is 2.09. The molecule has 0 radical (unpaired) electrons. The molecule has 0 bridgehead atoms. The molecular formula is C21H22F3N3O2. The molecule has 1 fully saturated rings. The molecule has 0 aromatic heterocycles. The van der Waals surface area contributed by atoms with Gasteiger partial charge in [-0.2, -0.15) is 13.2 Å². The Labute approximate surface area is 167 Å². The van der Waals surface area contributed by atoms with Crippen molar-refractivity contribution in [3.8, 4) is 11.5 Å². The van der Waals surface area contributed by atoms with Crippen LogP contribution in [0.15, 0.2) is 42.5 Å². The Hall–Kier alpha value is -2.58. The van der Waals surface area contributed by atoms with Crippen LogP contribution in [0, 0.1) is 0 Å². The molecule has 4 rings (SSSR count). The van der Waals surface area contributed by atoms with E-state index in [9.17, 15) is 18.0 Å². The average Bonchev–Trinajstić information content (AvgIpc) is 3.17. The van der Waals surface area contributed by atoms with E-state index >= 15 is 0 Å². The van der Waals surface area contributed by atoms with Crippen molar-refractivity contribution in [2.24, 2.45) is 0 Å². The van der Waals surface area contributed by atoms with Gasteiger partial charge in [0.1, 0.15) is 11.5 Å². The molecule has 8 heteroatoms. The minimum atomic E-state index is -4.39. The third kappa shape index (κ3) is 3.95. The number of hydrazine groups is 1. The lowest BCUT2D eigenvalue weighted by Crippen LogP contribution is -2.46. The standard InChI is InChI=1S/C21H22F3N3O2/c1-25-26-11-9-15(13-26)27-12-10-17-18(20(27)28)3-2-4-19(17)29-16-7-5-14(6-8-16)21(22,23)24/h2-8,15,25H,9-13H2,1H3. The van der Waals surface area contributed by atoms with E-state index in [1.165, 1.54) is 12.1 Å². The minimum absolute atomic E-state index is 0.0212. The zero-order valence-electron chi connectivity index (χ0n) is 16.0. The number of carbonyl (C=O) groups excluding carboxylic acids is 1. The summed E-state index contributed by atoms with van der Waals surface area (Å²) in [6.07, 6.45) is -2.82. The number of alkyl halides is 3. The number of halogens is 3. The first-order valence-corrected chi connectivity index (χ1v) is 9.57. The Kier molecular flexibility index (Phi) is 5.23. The van der Waals surface area contributed by atoms with Crippen LogP contribution in [0.1, 0.15) is 27.9 Å². The second-order valence-electron chi connectivity index (χ2n) is 7.27. The molecule has 1 amide bonds. The molecule has 0 spiro atoms. The highest BCUT2D eigenvalue weighted by Gasteiger charge is 2.35. The monoisotopic (exact) mass is 405 g/mol. The van der Waals surface area contributed by atoms with Crippen molar-refractivity contribution >= 4 is 5.91 Å². The summed E-state index contributed by atoms with van der Waals surface area (Å²) in [5.41, 5.74) is 3.80. The lowest BCUT2D eigenvalue weighted by molar-refractivity contribution is -0.137. The summed E-state index contributed by atoms with van der Waals surface area (Å²) in [7, 11) is 1.88. The van der Waals surface area contributed by atoms with Crippen LogP contribution >= 0.6 is 0 Å². The molecule has 1 unspecified atom stereocenters. The third-order valence-electron chi connectivity index (χ3n) is 5.56. The highest BCUT2D eigenvalue weighted by atomic mass is 19.4. The van der Waals surface area contributed by atoms with Crippen LogP contribution in [-0.2, 0) is 12.6 Å². The lowest BCUT2D eigenvalue weighted by Gasteiger charge is -2.34. The summed E-state index contributed by atoms with van der Waals surface area (Å²) in [6.45, 7) is 2.29. The van der Waals surface area contributed by atoms with E-state index in [0.29, 0.717) is 30.0 Å². The van der Waals surface area contributed by atoms with Gasteiger partial charge in [0, 0.05) is 36.8 Å². The molecule has 2 heterocycles. The largest absolute Gasteiger partial charge is 0.457 e. The number of fused-ring (bicyclic) bond motifs is 1. The van der Waals surface area contributed by atoms with Gasteiger partial charge in [0.15, 0.2) is 0 Å². The van der Waals surface area contributed by atoms with Crippen molar-refractivity contribution in [2.45, 2.75) is 25.1 Å². The number of ether oxygens (including phenoxy) is 1. The third-order valence-corrected chi connectivity index (χ3v) is 5.56. The Morgan fingerprint density at radius 1 is 1.10 bits per heavy atom. The van der Waals surface area contributed by atoms with Crippen molar-refractivity contribution in [1.82, 2.24) is 15.3 Å². The van der Waals surface area contributed by atoms with E-state index in [2.05, 4.69) is 10.4 Å². The number of carbonyl (C=O) groups is 1. The summed E-state index contributed by atoms with van der Waals surface area (Å²) in [4.78, 5) is 15.0. The predicted octanol–water partition coefficient (Wildman–Crippen LogP) is 3.70. The highest BCUT2D eigenvalue weighted by molar-refractivity contribution is 5.97. The first-order valence-electron chi connectivity index (χ1n) is 9.57. The maximum atomic E-state index is 13.1. The minimum Gasteiger partial charge on any atom is -0.457 e. The van der Waals surface area contributed by atoms with Crippen molar-refractivity contribution in [2.75, 3.05) is 26.7 Å². The SMILES string of the molecule is CNN1CCC(N2CCc3c(Oc4ccc(C(F)(F)F)cc4)cccc3C2=O)C1. The molecule has 2 aliphatic rings. The first kappa shape index (κ1) is 19.7. The Morgan fingerprint density at radius 2 is 1.86 bits per heavy atom. The van der Waals surface area contributed by atoms with Crippen LogP contribution in [0.3, 0.4) is 0 Å². The summed E-state index contributed by atoms with van der Waals surface area (Å²) in [6, 6.07) is 10.0. The molecule has 29 heavy (non-hydrogen) atoms. The maximum Gasteiger partial charge on any atom is 0.416 e. The van der Waals surface area contributed by atoms with E-state index in [-0.39, 0.29) is 11.9 Å². The number of nitrogens with one attached hydrogen (secondary N) is 1. The average molecular weight is 405 g/mol. The van der Waals surface area contributed by atoms with Gasteiger partial charge in [-0.1, -0.05) is 6.07 Å². The van der Waals surface area contributed by atoms with Crippen LogP contribution < -0.4 is 10.2 Å². The van der Waals surface area contributed by atoms with Gasteiger partial charge in [-0.05, 0) is 56.3 Å². The molecule has 0 saturated carbocycles. The van der Waals surface area contributed by atoms with Crippen molar-refractivity contribution in [1.29, 1.82) is 0 Å². The number of hydrogen-bond acceptors (Lipinski definition) is 4. The summed E-state index contributed by atoms with van der Waals surface area (Å²) >= 11 is 0. The van der Waals surface area contributed by atoms with Crippen LogP contribution in [-0.4, -0.2) is 48.5 Å². The van der Waals surface area contributed by atoms with Gasteiger partial charge in [0.25, 0.3) is 5.91 Å².